The zero-order chi connectivity index (χ0) is 13.7. The molecule has 19 heavy (non-hydrogen) atoms. The van der Waals surface area contributed by atoms with Crippen LogP contribution in [0.3, 0.4) is 0 Å². The summed E-state index contributed by atoms with van der Waals surface area (Å²) in [5.74, 6) is 0.669. The van der Waals surface area contributed by atoms with Crippen molar-refractivity contribution < 1.29 is 4.74 Å². The second-order valence-corrected chi connectivity index (χ2v) is 5.61. The Morgan fingerprint density at radius 2 is 2.26 bits per heavy atom. The fourth-order valence-electron chi connectivity index (χ4n) is 2.80. The quantitative estimate of drug-likeness (QED) is 0.885. The average Bonchev–Trinajstić information content (AvgIpc) is 2.42. The van der Waals surface area contributed by atoms with Crippen LogP contribution < -0.4 is 10.6 Å². The molecule has 0 radical (unpaired) electrons. The molecule has 1 saturated heterocycles. The molecule has 2 rings (SSSR count). The van der Waals surface area contributed by atoms with E-state index in [4.69, 9.17) is 10.5 Å². The lowest BCUT2D eigenvalue weighted by Crippen LogP contribution is -2.30. The number of ether oxygens (including phenoxy) is 1. The first-order chi connectivity index (χ1) is 9.20. The Labute approximate surface area is 116 Å². The number of nitrogens with zero attached hydrogens (tertiary/aromatic N) is 1. The summed E-state index contributed by atoms with van der Waals surface area (Å²) < 4.78 is 5.55. The van der Waals surface area contributed by atoms with Gasteiger partial charge in [-0.1, -0.05) is 6.07 Å². The second-order valence-electron chi connectivity index (χ2n) is 5.61. The predicted octanol–water partition coefficient (Wildman–Crippen LogP) is 2.36. The molecule has 0 amide bonds. The van der Waals surface area contributed by atoms with Gasteiger partial charge >= 0.3 is 0 Å². The molecule has 1 unspecified atom stereocenters. The van der Waals surface area contributed by atoms with Gasteiger partial charge in [0, 0.05) is 25.9 Å². The molecule has 106 valence electrons. The van der Waals surface area contributed by atoms with E-state index in [2.05, 4.69) is 37.1 Å². The van der Waals surface area contributed by atoms with Crippen LogP contribution in [-0.2, 0) is 11.2 Å². The minimum atomic E-state index is 0.669. The molecule has 1 heterocycles. The van der Waals surface area contributed by atoms with Crippen LogP contribution in [0.1, 0.15) is 24.0 Å². The fourth-order valence-corrected chi connectivity index (χ4v) is 2.80. The molecule has 2 N–H and O–H groups in total. The van der Waals surface area contributed by atoms with E-state index >= 15 is 0 Å². The largest absolute Gasteiger partial charge is 0.381 e. The molecule has 0 spiro atoms. The minimum Gasteiger partial charge on any atom is -0.381 e. The summed E-state index contributed by atoms with van der Waals surface area (Å²) >= 11 is 0. The lowest BCUT2D eigenvalue weighted by molar-refractivity contribution is 0.0576. The van der Waals surface area contributed by atoms with Gasteiger partial charge in [-0.25, -0.2) is 0 Å². The summed E-state index contributed by atoms with van der Waals surface area (Å²) in [7, 11) is 2.17. The monoisotopic (exact) mass is 262 g/mol. The fraction of sp³-hybridized carbons (Fsp3) is 0.625. The molecule has 0 aliphatic carbocycles. The summed E-state index contributed by atoms with van der Waals surface area (Å²) in [6.07, 6.45) is 3.45. The number of hydrogen-bond donors (Lipinski definition) is 1. The van der Waals surface area contributed by atoms with Gasteiger partial charge in [0.2, 0.25) is 0 Å². The maximum absolute atomic E-state index is 5.63. The Bertz CT molecular complexity index is 400. The van der Waals surface area contributed by atoms with E-state index in [0.717, 1.165) is 32.7 Å². The third-order valence-electron chi connectivity index (χ3n) is 3.97. The molecule has 0 saturated carbocycles. The molecule has 1 aromatic carbocycles. The maximum Gasteiger partial charge on any atom is 0.0511 e. The van der Waals surface area contributed by atoms with Gasteiger partial charge in [0.1, 0.15) is 0 Å². The van der Waals surface area contributed by atoms with Crippen molar-refractivity contribution in [3.05, 3.63) is 29.3 Å². The van der Waals surface area contributed by atoms with Gasteiger partial charge < -0.3 is 15.4 Å². The molecule has 1 fully saturated rings. The molecular weight excluding hydrogens is 236 g/mol. The molecule has 3 heteroatoms. The zero-order valence-electron chi connectivity index (χ0n) is 12.2. The van der Waals surface area contributed by atoms with Crippen molar-refractivity contribution in [2.24, 2.45) is 11.7 Å². The molecule has 0 bridgehead atoms. The number of hydrogen-bond acceptors (Lipinski definition) is 3. The van der Waals surface area contributed by atoms with E-state index in [1.807, 2.05) is 0 Å². The first-order valence-electron chi connectivity index (χ1n) is 7.29. The van der Waals surface area contributed by atoms with E-state index in [1.165, 1.54) is 29.7 Å². The third-order valence-corrected chi connectivity index (χ3v) is 3.97. The highest BCUT2D eigenvalue weighted by molar-refractivity contribution is 5.50. The van der Waals surface area contributed by atoms with Crippen molar-refractivity contribution in [1.29, 1.82) is 0 Å². The van der Waals surface area contributed by atoms with E-state index < -0.39 is 0 Å². The standard InChI is InChI=1S/C16H26N2O/c1-13-10-16(6-5-15(13)7-8-17)18(2)11-14-4-3-9-19-12-14/h5-6,10,14H,3-4,7-9,11-12,17H2,1-2H3. The van der Waals surface area contributed by atoms with E-state index in [-0.39, 0.29) is 0 Å². The van der Waals surface area contributed by atoms with Gasteiger partial charge in [0.15, 0.2) is 0 Å². The Balaban J connectivity index is 1.98. The minimum absolute atomic E-state index is 0.669. The van der Waals surface area contributed by atoms with Crippen molar-refractivity contribution in [3.8, 4) is 0 Å². The van der Waals surface area contributed by atoms with Gasteiger partial charge in [0.05, 0.1) is 6.61 Å². The SMILES string of the molecule is Cc1cc(N(C)CC2CCCOC2)ccc1CCN. The Hall–Kier alpha value is -1.06. The molecular formula is C16H26N2O. The van der Waals surface area contributed by atoms with Crippen LogP contribution in [0.5, 0.6) is 0 Å². The highest BCUT2D eigenvalue weighted by atomic mass is 16.5. The molecule has 0 aromatic heterocycles. The number of anilines is 1. The highest BCUT2D eigenvalue weighted by Gasteiger charge is 2.16. The third kappa shape index (κ3) is 3.95. The van der Waals surface area contributed by atoms with E-state index in [1.54, 1.807) is 0 Å². The van der Waals surface area contributed by atoms with Crippen LogP contribution >= 0.6 is 0 Å². The summed E-state index contributed by atoms with van der Waals surface area (Å²) in [5.41, 5.74) is 9.63. The van der Waals surface area contributed by atoms with Crippen molar-refractivity contribution in [2.45, 2.75) is 26.2 Å². The Kier molecular flexibility index (Phi) is 5.23. The topological polar surface area (TPSA) is 38.5 Å². The number of rotatable bonds is 5. The van der Waals surface area contributed by atoms with Gasteiger partial charge in [-0.3, -0.25) is 0 Å². The van der Waals surface area contributed by atoms with Crippen molar-refractivity contribution in [1.82, 2.24) is 0 Å². The summed E-state index contributed by atoms with van der Waals surface area (Å²) in [4.78, 5) is 2.35. The van der Waals surface area contributed by atoms with Crippen molar-refractivity contribution >= 4 is 5.69 Å². The van der Waals surface area contributed by atoms with Crippen LogP contribution in [-0.4, -0.2) is 33.4 Å². The van der Waals surface area contributed by atoms with Crippen molar-refractivity contribution in [3.63, 3.8) is 0 Å². The first-order valence-corrected chi connectivity index (χ1v) is 7.29. The van der Waals surface area contributed by atoms with Crippen molar-refractivity contribution in [2.75, 3.05) is 38.3 Å². The van der Waals surface area contributed by atoms with Crippen LogP contribution in [0, 0.1) is 12.8 Å². The van der Waals surface area contributed by atoms with Gasteiger partial charge in [0.25, 0.3) is 0 Å². The first kappa shape index (κ1) is 14.4. The van der Waals surface area contributed by atoms with Crippen LogP contribution in [0.2, 0.25) is 0 Å². The van der Waals surface area contributed by atoms with Gasteiger partial charge in [-0.2, -0.15) is 0 Å². The van der Waals surface area contributed by atoms with Crippen LogP contribution in [0.4, 0.5) is 5.69 Å². The molecule has 1 atom stereocenters. The summed E-state index contributed by atoms with van der Waals surface area (Å²) in [6.45, 7) is 5.82. The van der Waals surface area contributed by atoms with E-state index in [0.29, 0.717) is 5.92 Å². The number of aryl methyl sites for hydroxylation is 1. The molecule has 3 nitrogen and oxygen atoms in total. The summed E-state index contributed by atoms with van der Waals surface area (Å²) in [5, 5.41) is 0. The normalized spacial score (nSPS) is 19.4. The lowest BCUT2D eigenvalue weighted by Gasteiger charge is -2.28. The lowest BCUT2D eigenvalue weighted by atomic mass is 10.0. The van der Waals surface area contributed by atoms with Crippen LogP contribution in [0.25, 0.3) is 0 Å². The van der Waals surface area contributed by atoms with E-state index in [9.17, 15) is 0 Å². The Morgan fingerprint density at radius 3 is 2.89 bits per heavy atom. The predicted molar refractivity (Wildman–Crippen MR) is 80.8 cm³/mol. The maximum atomic E-state index is 5.63. The smallest absolute Gasteiger partial charge is 0.0511 e. The summed E-state index contributed by atoms with van der Waals surface area (Å²) in [6, 6.07) is 6.70. The number of nitrogens with two attached hydrogens (primary N) is 1. The number of benzene rings is 1. The molecule has 1 aliphatic rings. The Morgan fingerprint density at radius 1 is 1.42 bits per heavy atom. The molecule has 1 aromatic rings. The van der Waals surface area contributed by atoms with Gasteiger partial charge in [-0.15, -0.1) is 0 Å². The van der Waals surface area contributed by atoms with Crippen LogP contribution in [0.15, 0.2) is 18.2 Å². The molecule has 1 aliphatic heterocycles. The van der Waals surface area contributed by atoms with Gasteiger partial charge in [-0.05, 0) is 61.9 Å². The average molecular weight is 262 g/mol. The highest BCUT2D eigenvalue weighted by Crippen LogP contribution is 2.21. The second kappa shape index (κ2) is 6.92. The zero-order valence-corrected chi connectivity index (χ0v) is 12.2.